The number of carbonyl (C=O) groups is 4. The molecule has 4 amide bonds. The van der Waals surface area contributed by atoms with Crippen LogP contribution in [-0.4, -0.2) is 23.6 Å². The van der Waals surface area contributed by atoms with Gasteiger partial charge < -0.3 is 11.1 Å². The van der Waals surface area contributed by atoms with Crippen molar-refractivity contribution in [1.82, 2.24) is 0 Å². The fourth-order valence-corrected chi connectivity index (χ4v) is 4.19. The first-order chi connectivity index (χ1) is 12.8. The minimum Gasteiger partial charge on any atom is -0.366 e. The Morgan fingerprint density at radius 3 is 2.37 bits per heavy atom. The van der Waals surface area contributed by atoms with Crippen LogP contribution in [0.2, 0.25) is 0 Å². The number of fused-ring (bicyclic) bond motifs is 2. The number of rotatable bonds is 3. The molecule has 1 saturated carbocycles. The van der Waals surface area contributed by atoms with Crippen LogP contribution in [0, 0.1) is 0 Å². The van der Waals surface area contributed by atoms with Gasteiger partial charge in [0.1, 0.15) is 0 Å². The van der Waals surface area contributed by atoms with E-state index in [1.165, 1.54) is 11.8 Å². The van der Waals surface area contributed by atoms with Gasteiger partial charge in [0.05, 0.1) is 11.1 Å². The summed E-state index contributed by atoms with van der Waals surface area (Å²) in [5.74, 6) is -1.43. The molecule has 4 rings (SSSR count). The minimum atomic E-state index is -0.561. The van der Waals surface area contributed by atoms with Gasteiger partial charge in [-0.3, -0.25) is 19.2 Å². The Morgan fingerprint density at radius 1 is 1.11 bits per heavy atom. The minimum absolute atomic E-state index is 0.181. The van der Waals surface area contributed by atoms with Crippen molar-refractivity contribution in [2.75, 3.05) is 10.2 Å². The number of hydrogen-bond donors (Lipinski definition) is 2. The molecule has 1 fully saturated rings. The van der Waals surface area contributed by atoms with Crippen LogP contribution in [0.1, 0.15) is 51.0 Å². The molecule has 2 aliphatic carbocycles. The number of nitrogens with one attached hydrogen (secondary N) is 1. The Bertz CT molecular complexity index is 927. The average molecular weight is 367 g/mol. The summed E-state index contributed by atoms with van der Waals surface area (Å²) < 4.78 is 0. The predicted octanol–water partition coefficient (Wildman–Crippen LogP) is 1.91. The molecule has 1 aliphatic heterocycles. The lowest BCUT2D eigenvalue weighted by atomic mass is 9.90. The van der Waals surface area contributed by atoms with Gasteiger partial charge in [-0.15, -0.1) is 0 Å². The molecule has 1 aromatic rings. The molecule has 27 heavy (non-hydrogen) atoms. The number of anilines is 2. The SMILES string of the molecule is CC(=O)N1C(=O)C2(CC2)c2ccc(NC(=O)C3=C(C(N)=O)CCCC3)cc21. The van der Waals surface area contributed by atoms with Crippen molar-refractivity contribution in [3.8, 4) is 0 Å². The van der Waals surface area contributed by atoms with E-state index in [-0.39, 0.29) is 17.7 Å². The smallest absolute Gasteiger partial charge is 0.252 e. The van der Waals surface area contributed by atoms with Crippen LogP contribution >= 0.6 is 0 Å². The van der Waals surface area contributed by atoms with E-state index in [1.807, 2.05) is 6.07 Å². The highest BCUT2D eigenvalue weighted by atomic mass is 16.2. The third kappa shape index (κ3) is 2.65. The first kappa shape index (κ1) is 17.5. The van der Waals surface area contributed by atoms with E-state index in [0.29, 0.717) is 35.4 Å². The molecule has 0 saturated heterocycles. The lowest BCUT2D eigenvalue weighted by Gasteiger charge is -2.18. The number of nitrogens with two attached hydrogens (primary N) is 1. The second-order valence-electron chi connectivity index (χ2n) is 7.46. The quantitative estimate of drug-likeness (QED) is 0.850. The average Bonchev–Trinajstić information content (AvgIpc) is 3.39. The van der Waals surface area contributed by atoms with E-state index >= 15 is 0 Å². The standard InChI is InChI=1S/C20H21N3O4/c1-11(24)23-16-10-12(6-7-15(16)20(8-9-20)19(23)27)22-18(26)14-5-3-2-4-13(14)17(21)25/h6-7,10H,2-5,8-9H2,1H3,(H2,21,25)(H,22,26). The van der Waals surface area contributed by atoms with E-state index in [0.717, 1.165) is 31.2 Å². The van der Waals surface area contributed by atoms with Crippen LogP contribution in [0.4, 0.5) is 11.4 Å². The van der Waals surface area contributed by atoms with Crippen LogP contribution in [0.25, 0.3) is 0 Å². The van der Waals surface area contributed by atoms with Crippen molar-refractivity contribution in [2.45, 2.75) is 50.9 Å². The summed E-state index contributed by atoms with van der Waals surface area (Å²) in [7, 11) is 0. The fraction of sp³-hybridized carbons (Fsp3) is 0.400. The van der Waals surface area contributed by atoms with Crippen molar-refractivity contribution < 1.29 is 19.2 Å². The number of primary amides is 1. The maximum absolute atomic E-state index is 12.7. The number of amides is 4. The molecule has 0 unspecified atom stereocenters. The molecular formula is C20H21N3O4. The van der Waals surface area contributed by atoms with Gasteiger partial charge >= 0.3 is 0 Å². The monoisotopic (exact) mass is 367 g/mol. The van der Waals surface area contributed by atoms with Crippen LogP contribution in [0.5, 0.6) is 0 Å². The first-order valence-corrected chi connectivity index (χ1v) is 9.18. The molecule has 0 atom stereocenters. The van der Waals surface area contributed by atoms with Gasteiger partial charge in [0.25, 0.3) is 5.91 Å². The number of hydrogen-bond acceptors (Lipinski definition) is 4. The summed E-state index contributed by atoms with van der Waals surface area (Å²) in [4.78, 5) is 50.1. The molecule has 0 radical (unpaired) electrons. The zero-order chi connectivity index (χ0) is 19.3. The number of carbonyl (C=O) groups excluding carboxylic acids is 4. The maximum atomic E-state index is 12.7. The summed E-state index contributed by atoms with van der Waals surface area (Å²) in [5.41, 5.74) is 7.52. The summed E-state index contributed by atoms with van der Waals surface area (Å²) in [6.45, 7) is 1.36. The van der Waals surface area contributed by atoms with Crippen molar-refractivity contribution in [2.24, 2.45) is 5.73 Å². The maximum Gasteiger partial charge on any atom is 0.252 e. The highest BCUT2D eigenvalue weighted by Gasteiger charge is 2.60. The second kappa shape index (κ2) is 6.04. The third-order valence-corrected chi connectivity index (χ3v) is 5.73. The molecule has 140 valence electrons. The van der Waals surface area contributed by atoms with Gasteiger partial charge in [-0.25, -0.2) is 4.90 Å². The number of benzene rings is 1. The Kier molecular flexibility index (Phi) is 3.91. The highest BCUT2D eigenvalue weighted by molar-refractivity contribution is 6.24. The molecule has 7 nitrogen and oxygen atoms in total. The molecule has 1 spiro atoms. The van der Waals surface area contributed by atoms with Gasteiger partial charge in [0.15, 0.2) is 0 Å². The van der Waals surface area contributed by atoms with Crippen molar-refractivity contribution in [3.63, 3.8) is 0 Å². The third-order valence-electron chi connectivity index (χ3n) is 5.73. The topological polar surface area (TPSA) is 110 Å². The van der Waals surface area contributed by atoms with E-state index in [9.17, 15) is 19.2 Å². The van der Waals surface area contributed by atoms with Gasteiger partial charge in [-0.05, 0) is 56.2 Å². The molecule has 0 aromatic heterocycles. The van der Waals surface area contributed by atoms with Crippen LogP contribution in [0.3, 0.4) is 0 Å². The molecular weight excluding hydrogens is 346 g/mol. The van der Waals surface area contributed by atoms with Crippen LogP contribution < -0.4 is 16.0 Å². The second-order valence-corrected chi connectivity index (χ2v) is 7.46. The molecule has 3 aliphatic rings. The first-order valence-electron chi connectivity index (χ1n) is 9.18. The van der Waals surface area contributed by atoms with Crippen LogP contribution in [0.15, 0.2) is 29.3 Å². The Morgan fingerprint density at radius 2 is 1.78 bits per heavy atom. The molecule has 0 bridgehead atoms. The number of nitrogens with zero attached hydrogens (tertiary/aromatic N) is 1. The molecule has 7 heteroatoms. The summed E-state index contributed by atoms with van der Waals surface area (Å²) in [6.07, 6.45) is 4.17. The largest absolute Gasteiger partial charge is 0.366 e. The van der Waals surface area contributed by atoms with Gasteiger partial charge in [0, 0.05) is 23.8 Å². The lowest BCUT2D eigenvalue weighted by Crippen LogP contribution is -2.35. The van der Waals surface area contributed by atoms with Crippen molar-refractivity contribution in [3.05, 3.63) is 34.9 Å². The molecule has 1 aromatic carbocycles. The Balaban J connectivity index is 1.65. The van der Waals surface area contributed by atoms with E-state index in [2.05, 4.69) is 5.32 Å². The zero-order valence-corrected chi connectivity index (χ0v) is 15.1. The van der Waals surface area contributed by atoms with Gasteiger partial charge in [-0.2, -0.15) is 0 Å². The van der Waals surface area contributed by atoms with E-state index in [1.54, 1.807) is 12.1 Å². The van der Waals surface area contributed by atoms with Crippen LogP contribution in [-0.2, 0) is 24.6 Å². The van der Waals surface area contributed by atoms with Gasteiger partial charge in [-0.1, -0.05) is 6.07 Å². The summed E-state index contributed by atoms with van der Waals surface area (Å²) in [5, 5.41) is 2.79. The fourth-order valence-electron chi connectivity index (χ4n) is 4.19. The van der Waals surface area contributed by atoms with E-state index in [4.69, 9.17) is 5.73 Å². The van der Waals surface area contributed by atoms with Crippen molar-refractivity contribution >= 4 is 35.0 Å². The van der Waals surface area contributed by atoms with E-state index < -0.39 is 11.3 Å². The van der Waals surface area contributed by atoms with Crippen molar-refractivity contribution in [1.29, 1.82) is 0 Å². The molecule has 1 heterocycles. The Labute approximate surface area is 156 Å². The predicted molar refractivity (Wildman–Crippen MR) is 98.8 cm³/mol. The normalized spacial score (nSPS) is 19.9. The highest BCUT2D eigenvalue weighted by Crippen LogP contribution is 2.57. The molecule has 3 N–H and O–H groups in total. The number of imide groups is 1. The summed E-state index contributed by atoms with van der Waals surface area (Å²) >= 11 is 0. The summed E-state index contributed by atoms with van der Waals surface area (Å²) in [6, 6.07) is 5.21. The van der Waals surface area contributed by atoms with Gasteiger partial charge in [0.2, 0.25) is 17.7 Å². The zero-order valence-electron chi connectivity index (χ0n) is 15.1. The lowest BCUT2D eigenvalue weighted by molar-refractivity contribution is -0.126. The Hall–Kier alpha value is -2.96.